The predicted molar refractivity (Wildman–Crippen MR) is 153 cm³/mol. The Bertz CT molecular complexity index is 1820. The fraction of sp³-hybridized carbons (Fsp3) is 0.0968. The number of H-pyrrole nitrogens is 1. The number of carboxylic acid groups (broad SMARTS) is 1. The number of para-hydroxylation sites is 1. The molecular formula is C31H24F4N6O2. The van der Waals surface area contributed by atoms with Gasteiger partial charge in [-0.05, 0) is 47.0 Å². The number of alkyl halides is 3. The van der Waals surface area contributed by atoms with E-state index in [-0.39, 0.29) is 5.82 Å². The van der Waals surface area contributed by atoms with Gasteiger partial charge >= 0.3 is 12.1 Å². The van der Waals surface area contributed by atoms with Crippen molar-refractivity contribution in [1.29, 1.82) is 0 Å². The van der Waals surface area contributed by atoms with Gasteiger partial charge in [0.25, 0.3) is 0 Å². The van der Waals surface area contributed by atoms with Gasteiger partial charge in [-0.25, -0.2) is 14.2 Å². The third-order valence-electron chi connectivity index (χ3n) is 6.29. The monoisotopic (exact) mass is 588 g/mol. The van der Waals surface area contributed by atoms with Crippen LogP contribution >= 0.6 is 0 Å². The lowest BCUT2D eigenvalue weighted by atomic mass is 10.0. The molecule has 218 valence electrons. The van der Waals surface area contributed by atoms with Crippen molar-refractivity contribution >= 4 is 17.0 Å². The maximum absolute atomic E-state index is 13.5. The zero-order valence-corrected chi connectivity index (χ0v) is 22.4. The minimum Gasteiger partial charge on any atom is -0.475 e. The Morgan fingerprint density at radius 1 is 0.860 bits per heavy atom. The number of carboxylic acids is 1. The SMILES string of the molecule is Fc1ccc2nc(-c3ccc(-c4ccc(CNCc5cnn(-c6ccccc6)n5)cc4)cc3)[nH]c2c1.O=C(O)C(F)(F)F. The van der Waals surface area contributed by atoms with Gasteiger partial charge in [0.2, 0.25) is 0 Å². The Kier molecular flexibility index (Phi) is 8.58. The van der Waals surface area contributed by atoms with E-state index in [1.807, 2.05) is 42.5 Å². The third-order valence-corrected chi connectivity index (χ3v) is 6.29. The van der Waals surface area contributed by atoms with Crippen LogP contribution in [0.25, 0.3) is 39.2 Å². The first-order chi connectivity index (χ1) is 20.7. The first kappa shape index (κ1) is 29.1. The van der Waals surface area contributed by atoms with Crippen molar-refractivity contribution in [3.05, 3.63) is 120 Å². The number of nitrogens with zero attached hydrogens (tertiary/aromatic N) is 4. The molecule has 0 fully saturated rings. The molecule has 2 aromatic heterocycles. The van der Waals surface area contributed by atoms with Gasteiger partial charge < -0.3 is 15.4 Å². The van der Waals surface area contributed by atoms with Crippen molar-refractivity contribution in [3.63, 3.8) is 0 Å². The molecule has 0 radical (unpaired) electrons. The molecule has 6 rings (SSSR count). The summed E-state index contributed by atoms with van der Waals surface area (Å²) in [5.41, 5.74) is 7.70. The lowest BCUT2D eigenvalue weighted by molar-refractivity contribution is -0.192. The molecule has 0 atom stereocenters. The van der Waals surface area contributed by atoms with Crippen LogP contribution in [-0.2, 0) is 17.9 Å². The molecule has 8 nitrogen and oxygen atoms in total. The standard InChI is InChI=1S/C29H23FN6.C2HF3O2/c30-24-14-15-27-28(16-24)34-29(33-27)23-12-10-22(11-13-23)21-8-6-20(7-9-21)17-31-18-25-19-32-36(35-25)26-4-2-1-3-5-26;3-2(4,5)1(6)7/h1-16,19,31H,17-18H2,(H,33,34);(H,6,7). The summed E-state index contributed by atoms with van der Waals surface area (Å²) in [5, 5.41) is 19.4. The van der Waals surface area contributed by atoms with E-state index in [9.17, 15) is 17.6 Å². The first-order valence-electron chi connectivity index (χ1n) is 13.0. The maximum Gasteiger partial charge on any atom is 0.490 e. The fourth-order valence-corrected chi connectivity index (χ4v) is 4.15. The van der Waals surface area contributed by atoms with Gasteiger partial charge in [0.15, 0.2) is 0 Å². The topological polar surface area (TPSA) is 109 Å². The molecule has 0 spiro atoms. The second-order valence-electron chi connectivity index (χ2n) is 9.39. The normalized spacial score (nSPS) is 11.3. The van der Waals surface area contributed by atoms with Crippen molar-refractivity contribution in [2.24, 2.45) is 0 Å². The number of aliphatic carboxylic acids is 1. The number of hydrogen-bond acceptors (Lipinski definition) is 5. The van der Waals surface area contributed by atoms with Crippen LogP contribution in [0.2, 0.25) is 0 Å². The van der Waals surface area contributed by atoms with E-state index in [1.54, 1.807) is 17.1 Å². The minimum atomic E-state index is -5.08. The maximum atomic E-state index is 13.5. The largest absolute Gasteiger partial charge is 0.490 e. The van der Waals surface area contributed by atoms with Crippen molar-refractivity contribution < 1.29 is 27.5 Å². The van der Waals surface area contributed by atoms with Crippen molar-refractivity contribution in [3.8, 4) is 28.2 Å². The summed E-state index contributed by atoms with van der Waals surface area (Å²) in [7, 11) is 0. The van der Waals surface area contributed by atoms with Gasteiger partial charge in [0, 0.05) is 18.7 Å². The zero-order chi connectivity index (χ0) is 30.4. The molecule has 0 aliphatic heterocycles. The number of aromatic nitrogens is 5. The van der Waals surface area contributed by atoms with E-state index < -0.39 is 12.1 Å². The summed E-state index contributed by atoms with van der Waals surface area (Å²) in [4.78, 5) is 18.3. The molecule has 12 heteroatoms. The van der Waals surface area contributed by atoms with E-state index in [0.717, 1.165) is 46.0 Å². The molecule has 0 saturated heterocycles. The van der Waals surface area contributed by atoms with E-state index in [2.05, 4.69) is 61.9 Å². The molecule has 3 N–H and O–H groups in total. The summed E-state index contributed by atoms with van der Waals surface area (Å²) in [6.45, 7) is 1.38. The van der Waals surface area contributed by atoms with Gasteiger partial charge in [-0.3, -0.25) is 0 Å². The highest BCUT2D eigenvalue weighted by Crippen LogP contribution is 2.25. The first-order valence-corrected chi connectivity index (χ1v) is 13.0. The summed E-state index contributed by atoms with van der Waals surface area (Å²) in [6, 6.07) is 31.2. The number of rotatable bonds is 7. The highest BCUT2D eigenvalue weighted by molar-refractivity contribution is 5.80. The van der Waals surface area contributed by atoms with E-state index in [0.29, 0.717) is 12.1 Å². The van der Waals surface area contributed by atoms with Crippen LogP contribution in [-0.4, -0.2) is 42.2 Å². The number of benzene rings is 4. The van der Waals surface area contributed by atoms with E-state index in [1.165, 1.54) is 17.7 Å². The molecule has 0 amide bonds. The quantitative estimate of drug-likeness (QED) is 0.183. The molecule has 0 aliphatic rings. The lowest BCUT2D eigenvalue weighted by Crippen LogP contribution is -2.21. The molecule has 2 heterocycles. The number of fused-ring (bicyclic) bond motifs is 1. The van der Waals surface area contributed by atoms with Gasteiger partial charge in [-0.2, -0.15) is 28.2 Å². The van der Waals surface area contributed by atoms with Gasteiger partial charge in [0.05, 0.1) is 28.6 Å². The number of halogens is 4. The van der Waals surface area contributed by atoms with Crippen LogP contribution in [0.1, 0.15) is 11.3 Å². The summed E-state index contributed by atoms with van der Waals surface area (Å²) >= 11 is 0. The second-order valence-corrected chi connectivity index (χ2v) is 9.39. The number of nitrogens with one attached hydrogen (secondary N) is 2. The number of carbonyl (C=O) groups is 1. The van der Waals surface area contributed by atoms with Crippen LogP contribution in [0.3, 0.4) is 0 Å². The summed E-state index contributed by atoms with van der Waals surface area (Å²) in [5.74, 6) is -2.30. The number of hydrogen-bond donors (Lipinski definition) is 3. The summed E-state index contributed by atoms with van der Waals surface area (Å²) < 4.78 is 45.2. The Labute approximate surface area is 242 Å². The summed E-state index contributed by atoms with van der Waals surface area (Å²) in [6.07, 6.45) is -3.30. The second kappa shape index (κ2) is 12.7. The average Bonchev–Trinajstić information content (AvgIpc) is 3.65. The Morgan fingerprint density at radius 2 is 1.49 bits per heavy atom. The van der Waals surface area contributed by atoms with Crippen molar-refractivity contribution in [2.45, 2.75) is 19.3 Å². The van der Waals surface area contributed by atoms with Gasteiger partial charge in [-0.15, -0.1) is 0 Å². The van der Waals surface area contributed by atoms with Crippen LogP contribution in [0.15, 0.2) is 103 Å². The van der Waals surface area contributed by atoms with E-state index in [4.69, 9.17) is 9.90 Å². The zero-order valence-electron chi connectivity index (χ0n) is 22.4. The van der Waals surface area contributed by atoms with Crippen LogP contribution < -0.4 is 5.32 Å². The number of aromatic amines is 1. The predicted octanol–water partition coefficient (Wildman–Crippen LogP) is 6.54. The van der Waals surface area contributed by atoms with Gasteiger partial charge in [-0.1, -0.05) is 66.7 Å². The van der Waals surface area contributed by atoms with Crippen LogP contribution in [0.5, 0.6) is 0 Å². The third kappa shape index (κ3) is 7.49. The Balaban J connectivity index is 0.000000472. The fourth-order valence-electron chi connectivity index (χ4n) is 4.15. The highest BCUT2D eigenvalue weighted by Gasteiger charge is 2.38. The van der Waals surface area contributed by atoms with Crippen LogP contribution in [0.4, 0.5) is 17.6 Å². The Morgan fingerprint density at radius 3 is 2.14 bits per heavy atom. The molecule has 0 aliphatic carbocycles. The molecule has 0 bridgehead atoms. The van der Waals surface area contributed by atoms with Gasteiger partial charge in [0.1, 0.15) is 11.6 Å². The average molecular weight is 589 g/mol. The molecule has 0 unspecified atom stereocenters. The Hall–Kier alpha value is -5.36. The molecule has 0 saturated carbocycles. The molecule has 4 aromatic carbocycles. The highest BCUT2D eigenvalue weighted by atomic mass is 19.4. The molecular weight excluding hydrogens is 564 g/mol. The van der Waals surface area contributed by atoms with Crippen LogP contribution in [0, 0.1) is 5.82 Å². The lowest BCUT2D eigenvalue weighted by Gasteiger charge is -2.06. The molecule has 43 heavy (non-hydrogen) atoms. The van der Waals surface area contributed by atoms with E-state index >= 15 is 0 Å². The smallest absolute Gasteiger partial charge is 0.475 e. The number of imidazole rings is 1. The van der Waals surface area contributed by atoms with Crippen molar-refractivity contribution in [2.75, 3.05) is 0 Å². The van der Waals surface area contributed by atoms with Crippen molar-refractivity contribution in [1.82, 2.24) is 30.3 Å². The molecule has 6 aromatic rings. The minimum absolute atomic E-state index is 0.275.